The highest BCUT2D eigenvalue weighted by molar-refractivity contribution is 8.00. The zero-order chi connectivity index (χ0) is 11.8. The Morgan fingerprint density at radius 3 is 2.81 bits per heavy atom. The predicted molar refractivity (Wildman–Crippen MR) is 55.1 cm³/mol. The van der Waals surface area contributed by atoms with Crippen molar-refractivity contribution >= 4 is 23.7 Å². The average molecular weight is 248 g/mol. The first kappa shape index (κ1) is 11.3. The lowest BCUT2D eigenvalue weighted by Crippen LogP contribution is -2.19. The van der Waals surface area contributed by atoms with Crippen LogP contribution in [0.15, 0.2) is 28.1 Å². The minimum absolute atomic E-state index is 0.261. The molecule has 1 aromatic rings. The van der Waals surface area contributed by atoms with Crippen molar-refractivity contribution in [2.24, 2.45) is 10.7 Å². The number of nitrogens with zero attached hydrogens (tertiary/aromatic N) is 1. The largest absolute Gasteiger partial charge is 0.573 e. The van der Waals surface area contributed by atoms with Crippen LogP contribution in [0.4, 0.5) is 18.9 Å². The maximum Gasteiger partial charge on any atom is 0.573 e. The van der Waals surface area contributed by atoms with Crippen LogP contribution in [0.1, 0.15) is 0 Å². The molecule has 0 saturated heterocycles. The number of thioether (sulfide) groups is 1. The Kier molecular flexibility index (Phi) is 2.81. The molecule has 16 heavy (non-hydrogen) atoms. The standard InChI is InChI=1S/C9H7F3N2OS/c10-9(11,12)15-5-1-2-6-7(3-5)16-8(13)4-14-6/h1-4,8H,13H2. The second-order valence-corrected chi connectivity index (χ2v) is 4.26. The number of nitrogens with two attached hydrogens (primary N) is 1. The van der Waals surface area contributed by atoms with Gasteiger partial charge in [-0.2, -0.15) is 0 Å². The van der Waals surface area contributed by atoms with E-state index in [0.717, 1.165) is 0 Å². The highest BCUT2D eigenvalue weighted by Crippen LogP contribution is 2.37. The second kappa shape index (κ2) is 3.99. The summed E-state index contributed by atoms with van der Waals surface area (Å²) in [5.74, 6) is -0.261. The number of rotatable bonds is 1. The van der Waals surface area contributed by atoms with Gasteiger partial charge in [-0.25, -0.2) is 0 Å². The third-order valence-electron chi connectivity index (χ3n) is 1.79. The van der Waals surface area contributed by atoms with Gasteiger partial charge in [0, 0.05) is 11.1 Å². The van der Waals surface area contributed by atoms with E-state index in [9.17, 15) is 13.2 Å². The summed E-state index contributed by atoms with van der Waals surface area (Å²) in [6, 6.07) is 3.97. The molecule has 0 bridgehead atoms. The molecule has 0 amide bonds. The number of hydrogen-bond donors (Lipinski definition) is 1. The molecule has 1 aromatic carbocycles. The van der Waals surface area contributed by atoms with Crippen LogP contribution in [-0.2, 0) is 0 Å². The van der Waals surface area contributed by atoms with Gasteiger partial charge in [-0.15, -0.1) is 13.2 Å². The van der Waals surface area contributed by atoms with Gasteiger partial charge in [0.2, 0.25) is 0 Å². The lowest BCUT2D eigenvalue weighted by atomic mass is 10.3. The fraction of sp³-hybridized carbons (Fsp3) is 0.222. The van der Waals surface area contributed by atoms with E-state index in [2.05, 4.69) is 9.73 Å². The molecule has 0 aromatic heterocycles. The Hall–Kier alpha value is -1.21. The number of ether oxygens (including phenoxy) is 1. The molecule has 2 rings (SSSR count). The van der Waals surface area contributed by atoms with Crippen LogP contribution in [0, 0.1) is 0 Å². The van der Waals surface area contributed by atoms with Crippen LogP contribution < -0.4 is 10.5 Å². The summed E-state index contributed by atoms with van der Waals surface area (Å²) in [7, 11) is 0. The van der Waals surface area contributed by atoms with Gasteiger partial charge >= 0.3 is 6.36 Å². The zero-order valence-electron chi connectivity index (χ0n) is 7.86. The van der Waals surface area contributed by atoms with Gasteiger partial charge in [-0.3, -0.25) is 4.99 Å². The summed E-state index contributed by atoms with van der Waals surface area (Å²) in [6.07, 6.45) is -3.14. The van der Waals surface area contributed by atoms with Gasteiger partial charge in [0.1, 0.15) is 5.75 Å². The molecule has 0 saturated carbocycles. The molecular formula is C9H7F3N2OS. The summed E-state index contributed by atoms with van der Waals surface area (Å²) in [4.78, 5) is 4.58. The molecule has 7 heteroatoms. The summed E-state index contributed by atoms with van der Waals surface area (Å²) < 4.78 is 39.7. The molecule has 1 atom stereocenters. The number of benzene rings is 1. The molecule has 1 heterocycles. The number of fused-ring (bicyclic) bond motifs is 1. The van der Waals surface area contributed by atoms with Crippen LogP contribution in [0.3, 0.4) is 0 Å². The van der Waals surface area contributed by atoms with Gasteiger partial charge in [0.15, 0.2) is 0 Å². The molecule has 1 aliphatic rings. The minimum Gasteiger partial charge on any atom is -0.406 e. The Morgan fingerprint density at radius 2 is 2.12 bits per heavy atom. The van der Waals surface area contributed by atoms with E-state index in [1.165, 1.54) is 36.2 Å². The van der Waals surface area contributed by atoms with Gasteiger partial charge in [-0.05, 0) is 18.2 Å². The van der Waals surface area contributed by atoms with E-state index < -0.39 is 6.36 Å². The highest BCUT2D eigenvalue weighted by atomic mass is 32.2. The Labute approximate surface area is 93.5 Å². The van der Waals surface area contributed by atoms with E-state index in [-0.39, 0.29) is 11.1 Å². The maximum absolute atomic E-state index is 12.0. The van der Waals surface area contributed by atoms with Crippen LogP contribution in [-0.4, -0.2) is 18.0 Å². The Bertz CT molecular complexity index is 433. The average Bonchev–Trinajstić information content (AvgIpc) is 2.14. The minimum atomic E-state index is -4.68. The smallest absolute Gasteiger partial charge is 0.406 e. The van der Waals surface area contributed by atoms with Gasteiger partial charge in [-0.1, -0.05) is 11.8 Å². The van der Waals surface area contributed by atoms with Crippen molar-refractivity contribution in [2.75, 3.05) is 0 Å². The van der Waals surface area contributed by atoms with E-state index >= 15 is 0 Å². The molecule has 0 fully saturated rings. The van der Waals surface area contributed by atoms with Gasteiger partial charge < -0.3 is 10.5 Å². The monoisotopic (exact) mass is 248 g/mol. The van der Waals surface area contributed by atoms with E-state index in [1.54, 1.807) is 0 Å². The zero-order valence-corrected chi connectivity index (χ0v) is 8.68. The number of alkyl halides is 3. The number of halogens is 3. The van der Waals surface area contributed by atoms with E-state index in [4.69, 9.17) is 5.73 Å². The SMILES string of the molecule is NC1C=Nc2ccc(OC(F)(F)F)cc2S1. The van der Waals surface area contributed by atoms with Crippen LogP contribution in [0.25, 0.3) is 0 Å². The maximum atomic E-state index is 12.0. The van der Waals surface area contributed by atoms with Gasteiger partial charge in [0.05, 0.1) is 11.1 Å². The third-order valence-corrected chi connectivity index (χ3v) is 2.76. The van der Waals surface area contributed by atoms with Crippen LogP contribution in [0.2, 0.25) is 0 Å². The summed E-state index contributed by atoms with van der Waals surface area (Å²) >= 11 is 1.23. The molecule has 2 N–H and O–H groups in total. The molecule has 1 aliphatic heterocycles. The molecule has 3 nitrogen and oxygen atoms in total. The molecule has 86 valence electrons. The van der Waals surface area contributed by atoms with Crippen molar-refractivity contribution in [1.82, 2.24) is 0 Å². The predicted octanol–water partition coefficient (Wildman–Crippen LogP) is 2.68. The fourth-order valence-electron chi connectivity index (χ4n) is 1.22. The van der Waals surface area contributed by atoms with Crippen molar-refractivity contribution < 1.29 is 17.9 Å². The van der Waals surface area contributed by atoms with Crippen LogP contribution >= 0.6 is 11.8 Å². The first-order chi connectivity index (χ1) is 7.44. The second-order valence-electron chi connectivity index (χ2n) is 3.04. The van der Waals surface area contributed by atoms with Crippen molar-refractivity contribution in [2.45, 2.75) is 16.6 Å². The first-order valence-corrected chi connectivity index (χ1v) is 5.18. The van der Waals surface area contributed by atoms with Crippen LogP contribution in [0.5, 0.6) is 5.75 Å². The molecule has 0 radical (unpaired) electrons. The highest BCUT2D eigenvalue weighted by Gasteiger charge is 2.31. The fourth-order valence-corrected chi connectivity index (χ4v) is 2.06. The molecular weight excluding hydrogens is 241 g/mol. The molecule has 0 aliphatic carbocycles. The van der Waals surface area contributed by atoms with E-state index in [0.29, 0.717) is 10.6 Å². The van der Waals surface area contributed by atoms with Gasteiger partial charge in [0.25, 0.3) is 0 Å². The summed E-state index contributed by atoms with van der Waals surface area (Å²) in [5.41, 5.74) is 6.18. The summed E-state index contributed by atoms with van der Waals surface area (Å²) in [5, 5.41) is -0.339. The number of hydrogen-bond acceptors (Lipinski definition) is 4. The normalized spacial score (nSPS) is 19.4. The topological polar surface area (TPSA) is 47.6 Å². The first-order valence-electron chi connectivity index (χ1n) is 4.30. The Balaban J connectivity index is 2.26. The van der Waals surface area contributed by atoms with Crippen molar-refractivity contribution in [1.29, 1.82) is 0 Å². The van der Waals surface area contributed by atoms with Crippen molar-refractivity contribution in [3.05, 3.63) is 18.2 Å². The summed E-state index contributed by atoms with van der Waals surface area (Å²) in [6.45, 7) is 0. The number of aliphatic imine (C=N–C) groups is 1. The third kappa shape index (κ3) is 2.67. The molecule has 0 spiro atoms. The lowest BCUT2D eigenvalue weighted by molar-refractivity contribution is -0.274. The Morgan fingerprint density at radius 1 is 1.38 bits per heavy atom. The molecule has 1 unspecified atom stereocenters. The lowest BCUT2D eigenvalue weighted by Gasteiger charge is -2.16. The van der Waals surface area contributed by atoms with Crippen molar-refractivity contribution in [3.8, 4) is 5.75 Å². The van der Waals surface area contributed by atoms with E-state index in [1.807, 2.05) is 0 Å². The quantitative estimate of drug-likeness (QED) is 0.831. The van der Waals surface area contributed by atoms with Crippen molar-refractivity contribution in [3.63, 3.8) is 0 Å².